The molecule has 0 aliphatic carbocycles. The number of hydrogen-bond acceptors (Lipinski definition) is 4. The first-order valence-electron chi connectivity index (χ1n) is 6.84. The molecule has 0 atom stereocenters. The second kappa shape index (κ2) is 6.62. The predicted molar refractivity (Wildman–Crippen MR) is 81.0 cm³/mol. The fourth-order valence-electron chi connectivity index (χ4n) is 1.74. The summed E-state index contributed by atoms with van der Waals surface area (Å²) >= 11 is 0. The number of ether oxygens (including phenoxy) is 1. The normalized spacial score (nSPS) is 11.3. The Kier molecular flexibility index (Phi) is 4.85. The second-order valence-corrected chi connectivity index (χ2v) is 6.18. The molecule has 114 valence electrons. The van der Waals surface area contributed by atoms with Crippen LogP contribution in [0.1, 0.15) is 26.1 Å². The maximum Gasteiger partial charge on any atom is 0.278 e. The zero-order chi connectivity index (χ0) is 15.3. The largest absolute Gasteiger partial charge is 0.494 e. The molecule has 0 fully saturated rings. The van der Waals surface area contributed by atoms with Gasteiger partial charge in [0.1, 0.15) is 11.6 Å². The zero-order valence-electron chi connectivity index (χ0n) is 12.1. The van der Waals surface area contributed by atoms with Crippen LogP contribution in [0.2, 0.25) is 0 Å². The van der Waals surface area contributed by atoms with E-state index in [9.17, 15) is 8.42 Å². The molecule has 0 radical (unpaired) electrons. The van der Waals surface area contributed by atoms with Crippen LogP contribution in [0.4, 0.5) is 5.69 Å². The van der Waals surface area contributed by atoms with Gasteiger partial charge in [0.2, 0.25) is 0 Å². The molecule has 0 spiro atoms. The SMILES string of the molecule is CCCOc1cccc(NS(=O)(=O)c2cnc(CC)[nH]2)c1. The Bertz CT molecular complexity index is 695. The fraction of sp³-hybridized carbons (Fsp3) is 0.357. The maximum absolute atomic E-state index is 12.2. The summed E-state index contributed by atoms with van der Waals surface area (Å²) in [7, 11) is -3.66. The second-order valence-electron chi connectivity index (χ2n) is 4.53. The molecule has 0 unspecified atom stereocenters. The smallest absolute Gasteiger partial charge is 0.278 e. The van der Waals surface area contributed by atoms with Gasteiger partial charge in [-0.3, -0.25) is 4.72 Å². The van der Waals surface area contributed by atoms with Crippen LogP contribution >= 0.6 is 0 Å². The lowest BCUT2D eigenvalue weighted by Gasteiger charge is -2.09. The van der Waals surface area contributed by atoms with E-state index in [-0.39, 0.29) is 5.03 Å². The Labute approximate surface area is 124 Å². The van der Waals surface area contributed by atoms with Crippen LogP contribution in [0.25, 0.3) is 0 Å². The summed E-state index contributed by atoms with van der Waals surface area (Å²) in [5.74, 6) is 1.27. The van der Waals surface area contributed by atoms with E-state index in [0.29, 0.717) is 30.3 Å². The van der Waals surface area contributed by atoms with Gasteiger partial charge in [-0.2, -0.15) is 8.42 Å². The van der Waals surface area contributed by atoms with Crippen molar-refractivity contribution in [3.05, 3.63) is 36.3 Å². The monoisotopic (exact) mass is 309 g/mol. The molecule has 2 N–H and O–H groups in total. The highest BCUT2D eigenvalue weighted by molar-refractivity contribution is 7.92. The van der Waals surface area contributed by atoms with Crippen molar-refractivity contribution >= 4 is 15.7 Å². The number of benzene rings is 1. The van der Waals surface area contributed by atoms with Gasteiger partial charge in [-0.1, -0.05) is 19.9 Å². The molecule has 0 aliphatic heterocycles. The van der Waals surface area contributed by atoms with Gasteiger partial charge in [-0.05, 0) is 18.6 Å². The molecule has 0 amide bonds. The van der Waals surface area contributed by atoms with Crippen LogP contribution in [0.15, 0.2) is 35.5 Å². The number of aryl methyl sites for hydroxylation is 1. The Morgan fingerprint density at radius 3 is 2.81 bits per heavy atom. The molecular formula is C14H19N3O3S. The molecule has 0 saturated heterocycles. The van der Waals surface area contributed by atoms with Gasteiger partial charge in [-0.25, -0.2) is 4.98 Å². The van der Waals surface area contributed by atoms with Gasteiger partial charge in [0, 0.05) is 12.5 Å². The zero-order valence-corrected chi connectivity index (χ0v) is 12.9. The van der Waals surface area contributed by atoms with Gasteiger partial charge < -0.3 is 9.72 Å². The molecule has 1 heterocycles. The number of H-pyrrole nitrogens is 1. The summed E-state index contributed by atoms with van der Waals surface area (Å²) in [6.07, 6.45) is 2.86. The topological polar surface area (TPSA) is 84.1 Å². The van der Waals surface area contributed by atoms with E-state index in [1.807, 2.05) is 13.8 Å². The summed E-state index contributed by atoms with van der Waals surface area (Å²) in [6.45, 7) is 4.50. The lowest BCUT2D eigenvalue weighted by atomic mass is 10.3. The molecule has 1 aromatic carbocycles. The average Bonchev–Trinajstić information content (AvgIpc) is 2.95. The number of sulfonamides is 1. The van der Waals surface area contributed by atoms with Gasteiger partial charge in [0.05, 0.1) is 18.5 Å². The first-order chi connectivity index (χ1) is 10.0. The van der Waals surface area contributed by atoms with Gasteiger partial charge in [0.15, 0.2) is 5.03 Å². The molecule has 2 rings (SSSR count). The standard InChI is InChI=1S/C14H19N3O3S/c1-3-8-20-12-7-5-6-11(9-12)17-21(18,19)14-10-15-13(4-2)16-14/h5-7,9-10,17H,3-4,8H2,1-2H3,(H,15,16). The van der Waals surface area contributed by atoms with E-state index >= 15 is 0 Å². The van der Waals surface area contributed by atoms with Crippen molar-refractivity contribution in [2.45, 2.75) is 31.7 Å². The quantitative estimate of drug-likeness (QED) is 0.823. The Morgan fingerprint density at radius 1 is 1.33 bits per heavy atom. The fourth-order valence-corrected chi connectivity index (χ4v) is 2.73. The van der Waals surface area contributed by atoms with Crippen molar-refractivity contribution in [3.8, 4) is 5.75 Å². The van der Waals surface area contributed by atoms with E-state index in [1.54, 1.807) is 24.3 Å². The highest BCUT2D eigenvalue weighted by atomic mass is 32.2. The first-order valence-corrected chi connectivity index (χ1v) is 8.33. The molecule has 2 aromatic rings. The highest BCUT2D eigenvalue weighted by Crippen LogP contribution is 2.20. The van der Waals surface area contributed by atoms with E-state index in [1.165, 1.54) is 6.20 Å². The van der Waals surface area contributed by atoms with E-state index < -0.39 is 10.0 Å². The first kappa shape index (κ1) is 15.4. The Morgan fingerprint density at radius 2 is 2.14 bits per heavy atom. The van der Waals surface area contributed by atoms with Crippen LogP contribution in [0, 0.1) is 0 Å². The highest BCUT2D eigenvalue weighted by Gasteiger charge is 2.17. The van der Waals surface area contributed by atoms with E-state index in [0.717, 1.165) is 6.42 Å². The minimum Gasteiger partial charge on any atom is -0.494 e. The maximum atomic E-state index is 12.2. The molecule has 0 aliphatic rings. The Hall–Kier alpha value is -2.02. The Balaban J connectivity index is 2.16. The van der Waals surface area contributed by atoms with Crippen molar-refractivity contribution < 1.29 is 13.2 Å². The molecule has 21 heavy (non-hydrogen) atoms. The molecule has 6 nitrogen and oxygen atoms in total. The minimum absolute atomic E-state index is 0.0548. The molecule has 1 aromatic heterocycles. The summed E-state index contributed by atoms with van der Waals surface area (Å²) in [6, 6.07) is 6.86. The van der Waals surface area contributed by atoms with Crippen LogP contribution in [-0.4, -0.2) is 25.0 Å². The third-order valence-corrected chi connectivity index (χ3v) is 4.08. The van der Waals surface area contributed by atoms with Crippen LogP contribution in [0.5, 0.6) is 5.75 Å². The summed E-state index contributed by atoms with van der Waals surface area (Å²) in [5.41, 5.74) is 0.455. The number of aromatic amines is 1. The van der Waals surface area contributed by atoms with Crippen molar-refractivity contribution in [1.29, 1.82) is 0 Å². The number of hydrogen-bond donors (Lipinski definition) is 2. The number of rotatable bonds is 7. The van der Waals surface area contributed by atoms with Gasteiger partial charge in [0.25, 0.3) is 10.0 Å². The lowest BCUT2D eigenvalue weighted by molar-refractivity contribution is 0.317. The molecule has 7 heteroatoms. The number of imidazole rings is 1. The van der Waals surface area contributed by atoms with Crippen molar-refractivity contribution in [3.63, 3.8) is 0 Å². The summed E-state index contributed by atoms with van der Waals surface area (Å²) in [5, 5.41) is 0.0548. The minimum atomic E-state index is -3.66. The van der Waals surface area contributed by atoms with E-state index in [2.05, 4.69) is 14.7 Å². The van der Waals surface area contributed by atoms with Crippen LogP contribution in [-0.2, 0) is 16.4 Å². The van der Waals surface area contributed by atoms with Crippen molar-refractivity contribution in [2.24, 2.45) is 0 Å². The van der Waals surface area contributed by atoms with E-state index in [4.69, 9.17) is 4.74 Å². The molecule has 0 saturated carbocycles. The van der Waals surface area contributed by atoms with Gasteiger partial charge >= 0.3 is 0 Å². The average molecular weight is 309 g/mol. The number of anilines is 1. The number of aromatic nitrogens is 2. The summed E-state index contributed by atoms with van der Waals surface area (Å²) < 4.78 is 32.5. The van der Waals surface area contributed by atoms with Crippen LogP contribution in [0.3, 0.4) is 0 Å². The number of nitrogens with one attached hydrogen (secondary N) is 2. The predicted octanol–water partition coefficient (Wildman–Crippen LogP) is 2.56. The third-order valence-electron chi connectivity index (χ3n) is 2.79. The van der Waals surface area contributed by atoms with Crippen LogP contribution < -0.4 is 9.46 Å². The van der Waals surface area contributed by atoms with Crippen molar-refractivity contribution in [1.82, 2.24) is 9.97 Å². The molecule has 0 bridgehead atoms. The lowest BCUT2D eigenvalue weighted by Crippen LogP contribution is -2.13. The number of nitrogens with zero attached hydrogens (tertiary/aromatic N) is 1. The molecular weight excluding hydrogens is 290 g/mol. The van der Waals surface area contributed by atoms with Gasteiger partial charge in [-0.15, -0.1) is 0 Å². The summed E-state index contributed by atoms with van der Waals surface area (Å²) in [4.78, 5) is 6.78. The van der Waals surface area contributed by atoms with Crippen molar-refractivity contribution in [2.75, 3.05) is 11.3 Å². The third kappa shape index (κ3) is 3.98.